The molecule has 0 aliphatic rings. The highest BCUT2D eigenvalue weighted by atomic mass is 35.5. The van der Waals surface area contributed by atoms with Crippen molar-refractivity contribution < 1.29 is 14.3 Å². The molecule has 1 amide bonds. The van der Waals surface area contributed by atoms with Crippen molar-refractivity contribution >= 4 is 45.7 Å². The molecule has 5 nitrogen and oxygen atoms in total. The Kier molecular flexibility index (Phi) is 4.27. The number of hydrogen-bond acceptors (Lipinski definition) is 5. The minimum Gasteiger partial charge on any atom is -0.452 e. The van der Waals surface area contributed by atoms with Gasteiger partial charge in [0.25, 0.3) is 5.91 Å². The first-order chi connectivity index (χ1) is 11.0. The quantitative estimate of drug-likeness (QED) is 0.735. The van der Waals surface area contributed by atoms with E-state index in [2.05, 4.69) is 4.98 Å². The van der Waals surface area contributed by atoms with Gasteiger partial charge in [-0.3, -0.25) is 4.79 Å². The topological polar surface area (TPSA) is 82.3 Å². The predicted octanol–water partition coefficient (Wildman–Crippen LogP) is 3.26. The van der Waals surface area contributed by atoms with Gasteiger partial charge < -0.3 is 10.5 Å². The number of benzene rings is 1. The lowest BCUT2D eigenvalue weighted by atomic mass is 10.1. The Labute approximate surface area is 140 Å². The van der Waals surface area contributed by atoms with Crippen molar-refractivity contribution in [3.05, 3.63) is 52.4 Å². The van der Waals surface area contributed by atoms with E-state index in [0.717, 1.165) is 4.88 Å². The average Bonchev–Trinajstić information content (AvgIpc) is 2.98. The van der Waals surface area contributed by atoms with Gasteiger partial charge in [0, 0.05) is 5.39 Å². The number of pyridine rings is 1. The third-order valence-electron chi connectivity index (χ3n) is 3.11. The lowest BCUT2D eigenvalue weighted by molar-refractivity contribution is -0.121. The van der Waals surface area contributed by atoms with Gasteiger partial charge >= 0.3 is 5.97 Å². The zero-order valence-electron chi connectivity index (χ0n) is 11.8. The number of thiophene rings is 1. The molecule has 0 atom stereocenters. The number of nitrogens with zero attached hydrogens (tertiary/aromatic N) is 1. The third-order valence-corrected chi connectivity index (χ3v) is 4.36. The van der Waals surface area contributed by atoms with Crippen molar-refractivity contribution in [3.63, 3.8) is 0 Å². The molecule has 0 fully saturated rings. The van der Waals surface area contributed by atoms with Crippen molar-refractivity contribution in [3.8, 4) is 10.6 Å². The molecular formula is C16H11ClN2O3S. The zero-order valence-corrected chi connectivity index (χ0v) is 13.4. The maximum Gasteiger partial charge on any atom is 0.339 e. The van der Waals surface area contributed by atoms with Crippen molar-refractivity contribution in [1.82, 2.24) is 4.98 Å². The van der Waals surface area contributed by atoms with Gasteiger partial charge in [-0.1, -0.05) is 29.8 Å². The van der Waals surface area contributed by atoms with E-state index in [1.807, 2.05) is 12.1 Å². The number of rotatable bonds is 4. The van der Waals surface area contributed by atoms with Crippen molar-refractivity contribution in [1.29, 1.82) is 0 Å². The molecule has 2 N–H and O–H groups in total. The standard InChI is InChI=1S/C16H11ClN2O3S/c17-14-6-5-13(23-14)12-7-10(16(21)22-8-15(18)20)9-3-1-2-4-11(9)19-12/h1-7H,8H2,(H2,18,20). The minimum atomic E-state index is -0.707. The van der Waals surface area contributed by atoms with E-state index in [0.29, 0.717) is 26.5 Å². The Balaban J connectivity index is 2.11. The largest absolute Gasteiger partial charge is 0.452 e. The summed E-state index contributed by atoms with van der Waals surface area (Å²) in [6, 6.07) is 12.4. The number of halogens is 1. The number of nitrogens with two attached hydrogens (primary N) is 1. The number of fused-ring (bicyclic) bond motifs is 1. The number of primary amides is 1. The van der Waals surface area contributed by atoms with Gasteiger partial charge in [-0.15, -0.1) is 11.3 Å². The Morgan fingerprint density at radius 1 is 1.22 bits per heavy atom. The molecule has 7 heteroatoms. The lowest BCUT2D eigenvalue weighted by Gasteiger charge is -2.08. The van der Waals surface area contributed by atoms with Crippen LogP contribution < -0.4 is 5.73 Å². The lowest BCUT2D eigenvalue weighted by Crippen LogP contribution is -2.21. The summed E-state index contributed by atoms with van der Waals surface area (Å²) in [6.07, 6.45) is 0. The monoisotopic (exact) mass is 346 g/mol. The normalized spacial score (nSPS) is 10.7. The van der Waals surface area contributed by atoms with E-state index in [4.69, 9.17) is 22.1 Å². The van der Waals surface area contributed by atoms with Gasteiger partial charge in [0.1, 0.15) is 0 Å². The fraction of sp³-hybridized carbons (Fsp3) is 0.0625. The second-order valence-corrected chi connectivity index (χ2v) is 6.43. The van der Waals surface area contributed by atoms with Crippen molar-refractivity contribution in [2.24, 2.45) is 5.73 Å². The molecule has 1 aromatic carbocycles. The summed E-state index contributed by atoms with van der Waals surface area (Å²) < 4.78 is 5.56. The fourth-order valence-corrected chi connectivity index (χ4v) is 3.14. The van der Waals surface area contributed by atoms with Gasteiger partial charge in [0.2, 0.25) is 0 Å². The van der Waals surface area contributed by atoms with E-state index in [9.17, 15) is 9.59 Å². The maximum absolute atomic E-state index is 12.3. The van der Waals surface area contributed by atoms with Gasteiger partial charge in [0.05, 0.1) is 26.0 Å². The zero-order chi connectivity index (χ0) is 16.4. The number of carbonyl (C=O) groups excluding carboxylic acids is 2. The first-order valence-corrected chi connectivity index (χ1v) is 7.85. The molecule has 3 rings (SSSR count). The first-order valence-electron chi connectivity index (χ1n) is 6.65. The van der Waals surface area contributed by atoms with Gasteiger partial charge in [-0.05, 0) is 24.3 Å². The number of carbonyl (C=O) groups is 2. The second-order valence-electron chi connectivity index (χ2n) is 4.72. The molecule has 0 aliphatic heterocycles. The molecule has 0 radical (unpaired) electrons. The molecule has 23 heavy (non-hydrogen) atoms. The summed E-state index contributed by atoms with van der Waals surface area (Å²) in [5.74, 6) is -1.33. The molecule has 0 spiro atoms. The molecule has 3 aromatic rings. The smallest absolute Gasteiger partial charge is 0.339 e. The van der Waals surface area contributed by atoms with Crippen LogP contribution in [0.4, 0.5) is 0 Å². The number of hydrogen-bond donors (Lipinski definition) is 1. The summed E-state index contributed by atoms with van der Waals surface area (Å²) in [7, 11) is 0. The van der Waals surface area contributed by atoms with Crippen LogP contribution in [0, 0.1) is 0 Å². The molecule has 0 saturated heterocycles. The highest BCUT2D eigenvalue weighted by Gasteiger charge is 2.16. The molecule has 0 saturated carbocycles. The van der Waals surface area contributed by atoms with E-state index in [-0.39, 0.29) is 0 Å². The molecule has 0 aliphatic carbocycles. The summed E-state index contributed by atoms with van der Waals surface area (Å²) in [4.78, 5) is 28.5. The molecule has 2 heterocycles. The van der Waals surface area contributed by atoms with Crippen LogP contribution >= 0.6 is 22.9 Å². The molecule has 116 valence electrons. The summed E-state index contributed by atoms with van der Waals surface area (Å²) in [5.41, 5.74) is 6.61. The van der Waals surface area contributed by atoms with Crippen LogP contribution in [-0.2, 0) is 9.53 Å². The van der Waals surface area contributed by atoms with Gasteiger partial charge in [-0.25, -0.2) is 9.78 Å². The third kappa shape index (κ3) is 3.33. The van der Waals surface area contributed by atoms with Crippen LogP contribution in [0.2, 0.25) is 4.34 Å². The number of amides is 1. The molecule has 0 unspecified atom stereocenters. The number of aromatic nitrogens is 1. The van der Waals surface area contributed by atoms with Crippen molar-refractivity contribution in [2.45, 2.75) is 0 Å². The van der Waals surface area contributed by atoms with Crippen LogP contribution in [0.25, 0.3) is 21.5 Å². The first kappa shape index (κ1) is 15.5. The summed E-state index contributed by atoms with van der Waals surface area (Å²) in [6.45, 7) is -0.463. The summed E-state index contributed by atoms with van der Waals surface area (Å²) >= 11 is 7.33. The van der Waals surface area contributed by atoms with E-state index < -0.39 is 18.5 Å². The average molecular weight is 347 g/mol. The SMILES string of the molecule is NC(=O)COC(=O)c1cc(-c2ccc(Cl)s2)nc2ccccc12. The van der Waals surface area contributed by atoms with Crippen LogP contribution in [0.1, 0.15) is 10.4 Å². The number of ether oxygens (including phenoxy) is 1. The maximum atomic E-state index is 12.3. The van der Waals surface area contributed by atoms with Gasteiger partial charge in [-0.2, -0.15) is 0 Å². The van der Waals surface area contributed by atoms with E-state index in [1.54, 1.807) is 30.3 Å². The van der Waals surface area contributed by atoms with Crippen LogP contribution in [0.5, 0.6) is 0 Å². The number of esters is 1. The highest BCUT2D eigenvalue weighted by Crippen LogP contribution is 2.32. The van der Waals surface area contributed by atoms with Crippen LogP contribution in [0.3, 0.4) is 0 Å². The summed E-state index contributed by atoms with van der Waals surface area (Å²) in [5, 5.41) is 0.647. The molecule has 2 aromatic heterocycles. The Hall–Kier alpha value is -2.44. The number of para-hydroxylation sites is 1. The molecule has 0 bridgehead atoms. The Morgan fingerprint density at radius 2 is 2.00 bits per heavy atom. The van der Waals surface area contributed by atoms with Crippen molar-refractivity contribution in [2.75, 3.05) is 6.61 Å². The highest BCUT2D eigenvalue weighted by molar-refractivity contribution is 7.19. The predicted molar refractivity (Wildman–Crippen MR) is 89.5 cm³/mol. The van der Waals surface area contributed by atoms with Gasteiger partial charge in [0.15, 0.2) is 6.61 Å². The fourth-order valence-electron chi connectivity index (χ4n) is 2.14. The van der Waals surface area contributed by atoms with Crippen LogP contribution in [0.15, 0.2) is 42.5 Å². The second kappa shape index (κ2) is 6.36. The Morgan fingerprint density at radius 3 is 2.70 bits per heavy atom. The van der Waals surface area contributed by atoms with E-state index >= 15 is 0 Å². The Bertz CT molecular complexity index is 907. The minimum absolute atomic E-state index is 0.330. The van der Waals surface area contributed by atoms with Crippen LogP contribution in [-0.4, -0.2) is 23.5 Å². The van der Waals surface area contributed by atoms with E-state index in [1.165, 1.54) is 11.3 Å². The molecular weight excluding hydrogens is 336 g/mol.